The van der Waals surface area contributed by atoms with E-state index in [9.17, 15) is 0 Å². The molecular formula is C18H26N4O2. The Kier molecular flexibility index (Phi) is 4.18. The molecule has 4 rings (SSSR count). The van der Waals surface area contributed by atoms with Gasteiger partial charge in [-0.3, -0.25) is 5.10 Å². The number of furan rings is 1. The van der Waals surface area contributed by atoms with Crippen molar-refractivity contribution in [3.05, 3.63) is 34.8 Å². The summed E-state index contributed by atoms with van der Waals surface area (Å²) in [5, 5.41) is 11.0. The van der Waals surface area contributed by atoms with E-state index in [-0.39, 0.29) is 18.2 Å². The zero-order valence-corrected chi connectivity index (χ0v) is 14.6. The van der Waals surface area contributed by atoms with Gasteiger partial charge >= 0.3 is 0 Å². The highest BCUT2D eigenvalue weighted by Gasteiger charge is 2.32. The summed E-state index contributed by atoms with van der Waals surface area (Å²) >= 11 is 0. The number of aryl methyl sites for hydroxylation is 2. The molecule has 0 radical (unpaired) electrons. The van der Waals surface area contributed by atoms with Gasteiger partial charge in [0.1, 0.15) is 17.6 Å². The summed E-state index contributed by atoms with van der Waals surface area (Å²) in [4.78, 5) is 4.62. The molecule has 1 aliphatic heterocycles. The number of aromatic amines is 1. The standard InChI is InChI=1S/C18H26N4O2/c1-10-8-15(12(3)23-10)11(2)19-9-14-6-7-16(24-14)18-20-17(21-22-18)13-4-5-13/h8,11,13-14,16,19H,4-7,9H2,1-3H3,(H,20,21,22)/t11?,14-,16+/m1/s1. The van der Waals surface area contributed by atoms with Gasteiger partial charge in [0, 0.05) is 24.1 Å². The van der Waals surface area contributed by atoms with Crippen LogP contribution in [-0.2, 0) is 4.74 Å². The largest absolute Gasteiger partial charge is 0.466 e. The summed E-state index contributed by atoms with van der Waals surface area (Å²) in [7, 11) is 0. The van der Waals surface area contributed by atoms with Crippen molar-refractivity contribution >= 4 is 0 Å². The van der Waals surface area contributed by atoms with E-state index in [2.05, 4.69) is 33.5 Å². The van der Waals surface area contributed by atoms with E-state index in [1.807, 2.05) is 13.8 Å². The zero-order valence-electron chi connectivity index (χ0n) is 14.6. The van der Waals surface area contributed by atoms with Crippen molar-refractivity contribution in [3.63, 3.8) is 0 Å². The fraction of sp³-hybridized carbons (Fsp3) is 0.667. The molecule has 3 atom stereocenters. The molecule has 24 heavy (non-hydrogen) atoms. The van der Waals surface area contributed by atoms with Gasteiger partial charge in [0.2, 0.25) is 0 Å². The highest BCUT2D eigenvalue weighted by molar-refractivity contribution is 5.23. The number of ether oxygens (including phenoxy) is 1. The lowest BCUT2D eigenvalue weighted by Crippen LogP contribution is -2.29. The molecule has 0 amide bonds. The van der Waals surface area contributed by atoms with Gasteiger partial charge in [0.25, 0.3) is 0 Å². The molecule has 2 aromatic heterocycles. The first kappa shape index (κ1) is 15.8. The van der Waals surface area contributed by atoms with E-state index in [1.165, 1.54) is 18.4 Å². The van der Waals surface area contributed by atoms with Crippen molar-refractivity contribution < 1.29 is 9.15 Å². The average Bonchev–Trinajstić information content (AvgIpc) is 2.98. The van der Waals surface area contributed by atoms with Gasteiger partial charge in [-0.2, -0.15) is 5.10 Å². The van der Waals surface area contributed by atoms with Crippen molar-refractivity contribution in [3.8, 4) is 0 Å². The van der Waals surface area contributed by atoms with Crippen LogP contribution in [0, 0.1) is 13.8 Å². The fourth-order valence-electron chi connectivity index (χ4n) is 3.51. The number of rotatable bonds is 6. The maximum Gasteiger partial charge on any atom is 0.153 e. The summed E-state index contributed by atoms with van der Waals surface area (Å²) in [6.07, 6.45) is 4.78. The summed E-state index contributed by atoms with van der Waals surface area (Å²) in [6, 6.07) is 2.37. The van der Waals surface area contributed by atoms with E-state index in [0.717, 1.165) is 42.6 Å². The number of hydrogen-bond donors (Lipinski definition) is 2. The van der Waals surface area contributed by atoms with Gasteiger partial charge in [-0.15, -0.1) is 0 Å². The first-order valence-corrected chi connectivity index (χ1v) is 8.98. The normalized spacial score (nSPS) is 25.3. The average molecular weight is 330 g/mol. The van der Waals surface area contributed by atoms with Crippen LogP contribution in [0.5, 0.6) is 0 Å². The molecular weight excluding hydrogens is 304 g/mol. The molecule has 3 heterocycles. The van der Waals surface area contributed by atoms with Gasteiger partial charge in [0.15, 0.2) is 11.6 Å². The minimum atomic E-state index is 0.0602. The van der Waals surface area contributed by atoms with Gasteiger partial charge in [0.05, 0.1) is 6.10 Å². The fourth-order valence-corrected chi connectivity index (χ4v) is 3.51. The molecule has 2 aromatic rings. The Bertz CT molecular complexity index is 704. The molecule has 6 nitrogen and oxygen atoms in total. The predicted molar refractivity (Wildman–Crippen MR) is 89.8 cm³/mol. The summed E-state index contributed by atoms with van der Waals surface area (Å²) in [5.74, 6) is 4.40. The highest BCUT2D eigenvalue weighted by Crippen LogP contribution is 2.39. The van der Waals surface area contributed by atoms with Crippen LogP contribution in [0.15, 0.2) is 10.5 Å². The minimum Gasteiger partial charge on any atom is -0.466 e. The Morgan fingerprint density at radius 3 is 2.83 bits per heavy atom. The number of nitrogens with zero attached hydrogens (tertiary/aromatic N) is 2. The molecule has 0 bridgehead atoms. The van der Waals surface area contributed by atoms with Crippen LogP contribution in [-0.4, -0.2) is 27.8 Å². The first-order valence-electron chi connectivity index (χ1n) is 8.98. The van der Waals surface area contributed by atoms with Crippen LogP contribution < -0.4 is 5.32 Å². The quantitative estimate of drug-likeness (QED) is 0.848. The van der Waals surface area contributed by atoms with E-state index in [1.54, 1.807) is 0 Å². The Hall–Kier alpha value is -1.66. The Morgan fingerprint density at radius 1 is 1.29 bits per heavy atom. The van der Waals surface area contributed by atoms with Crippen molar-refractivity contribution in [2.24, 2.45) is 0 Å². The first-order chi connectivity index (χ1) is 11.6. The second-order valence-corrected chi connectivity index (χ2v) is 7.18. The van der Waals surface area contributed by atoms with E-state index in [4.69, 9.17) is 9.15 Å². The molecule has 1 saturated heterocycles. The van der Waals surface area contributed by atoms with E-state index >= 15 is 0 Å². The number of nitrogens with one attached hydrogen (secondary N) is 2. The molecule has 2 aliphatic rings. The molecule has 0 aromatic carbocycles. The smallest absolute Gasteiger partial charge is 0.153 e. The van der Waals surface area contributed by atoms with Gasteiger partial charge in [-0.1, -0.05) is 0 Å². The van der Waals surface area contributed by atoms with Crippen LogP contribution in [0.25, 0.3) is 0 Å². The van der Waals surface area contributed by atoms with Crippen molar-refractivity contribution in [2.45, 2.75) is 70.6 Å². The third-order valence-electron chi connectivity index (χ3n) is 5.07. The predicted octanol–water partition coefficient (Wildman–Crippen LogP) is 3.46. The number of hydrogen-bond acceptors (Lipinski definition) is 5. The summed E-state index contributed by atoms with van der Waals surface area (Å²) < 4.78 is 11.8. The molecule has 1 saturated carbocycles. The topological polar surface area (TPSA) is 76.0 Å². The Balaban J connectivity index is 1.29. The lowest BCUT2D eigenvalue weighted by atomic mass is 10.1. The SMILES string of the molecule is Cc1cc(C(C)NC[C@H]2CC[C@@H](c3nc(C4CC4)n[nH]3)O2)c(C)o1. The maximum atomic E-state index is 6.16. The van der Waals surface area contributed by atoms with Gasteiger partial charge < -0.3 is 14.5 Å². The zero-order chi connectivity index (χ0) is 16.7. The van der Waals surface area contributed by atoms with Crippen molar-refractivity contribution in [1.29, 1.82) is 0 Å². The maximum absolute atomic E-state index is 6.16. The van der Waals surface area contributed by atoms with Crippen molar-refractivity contribution in [2.75, 3.05) is 6.54 Å². The van der Waals surface area contributed by atoms with E-state index < -0.39 is 0 Å². The highest BCUT2D eigenvalue weighted by atomic mass is 16.5. The summed E-state index contributed by atoms with van der Waals surface area (Å²) in [6.45, 7) is 7.01. The molecule has 2 N–H and O–H groups in total. The molecule has 0 spiro atoms. The molecule has 2 fully saturated rings. The van der Waals surface area contributed by atoms with Crippen LogP contribution in [0.1, 0.15) is 79.4 Å². The summed E-state index contributed by atoms with van der Waals surface area (Å²) in [5.41, 5.74) is 1.23. The van der Waals surface area contributed by atoms with Crippen LogP contribution in [0.3, 0.4) is 0 Å². The minimum absolute atomic E-state index is 0.0602. The van der Waals surface area contributed by atoms with Gasteiger partial charge in [-0.05, 0) is 52.5 Å². The molecule has 6 heteroatoms. The van der Waals surface area contributed by atoms with Crippen LogP contribution in [0.4, 0.5) is 0 Å². The third kappa shape index (κ3) is 3.26. The molecule has 1 aliphatic carbocycles. The number of H-pyrrole nitrogens is 1. The van der Waals surface area contributed by atoms with E-state index in [0.29, 0.717) is 5.92 Å². The lowest BCUT2D eigenvalue weighted by molar-refractivity contribution is 0.0389. The molecule has 130 valence electrons. The second-order valence-electron chi connectivity index (χ2n) is 7.18. The third-order valence-corrected chi connectivity index (χ3v) is 5.07. The monoisotopic (exact) mass is 330 g/mol. The van der Waals surface area contributed by atoms with Crippen molar-refractivity contribution in [1.82, 2.24) is 20.5 Å². The van der Waals surface area contributed by atoms with Gasteiger partial charge in [-0.25, -0.2) is 4.98 Å². The lowest BCUT2D eigenvalue weighted by Gasteiger charge is -2.17. The Labute approximate surface area is 142 Å². The Morgan fingerprint density at radius 2 is 2.12 bits per heavy atom. The second kappa shape index (κ2) is 6.33. The van der Waals surface area contributed by atoms with Crippen LogP contribution >= 0.6 is 0 Å². The van der Waals surface area contributed by atoms with Crippen LogP contribution in [0.2, 0.25) is 0 Å². The number of aromatic nitrogens is 3. The molecule has 1 unspecified atom stereocenters.